The minimum Gasteiger partial charge on any atom is -0.211 e. The predicted octanol–water partition coefficient (Wildman–Crippen LogP) is 3.07. The molecule has 0 aliphatic heterocycles. The number of nitriles is 1. The van der Waals surface area contributed by atoms with E-state index in [0.29, 0.717) is 24.2 Å². The molecule has 0 aromatic heterocycles. The lowest BCUT2D eigenvalue weighted by molar-refractivity contribution is -0.0588. The fourth-order valence-corrected chi connectivity index (χ4v) is 5.35. The normalized spacial score (nSPS) is 43.9. The van der Waals surface area contributed by atoms with E-state index in [1.54, 1.807) is 6.08 Å². The van der Waals surface area contributed by atoms with Crippen molar-refractivity contribution < 1.29 is 4.79 Å². The Morgan fingerprint density at radius 2 is 1.72 bits per heavy atom. The van der Waals surface area contributed by atoms with Crippen molar-refractivity contribution in [3.8, 4) is 6.07 Å². The SMILES string of the molecule is CCC(C#N)(N=C=O)C1C2CC3CC(C2)CC1C3. The van der Waals surface area contributed by atoms with Crippen LogP contribution in [0.1, 0.15) is 45.4 Å². The first kappa shape index (κ1) is 11.9. The third-order valence-electron chi connectivity index (χ3n) is 5.76. The van der Waals surface area contributed by atoms with Crippen LogP contribution in [0.2, 0.25) is 0 Å². The third-order valence-corrected chi connectivity index (χ3v) is 5.76. The zero-order valence-electron chi connectivity index (χ0n) is 10.9. The molecule has 4 fully saturated rings. The molecule has 0 amide bonds. The second-order valence-electron chi connectivity index (χ2n) is 6.55. The molecule has 4 saturated carbocycles. The van der Waals surface area contributed by atoms with Gasteiger partial charge in [0, 0.05) is 5.92 Å². The summed E-state index contributed by atoms with van der Waals surface area (Å²) in [4.78, 5) is 14.7. The number of aliphatic imine (C=N–C) groups is 1. The Kier molecular flexibility index (Phi) is 2.79. The highest BCUT2D eigenvalue weighted by Crippen LogP contribution is 2.60. The monoisotopic (exact) mass is 244 g/mol. The molecule has 0 aromatic rings. The molecule has 0 spiro atoms. The predicted molar refractivity (Wildman–Crippen MR) is 67.3 cm³/mol. The molecule has 1 atom stereocenters. The summed E-state index contributed by atoms with van der Waals surface area (Å²) in [6, 6.07) is 2.36. The smallest absolute Gasteiger partial charge is 0.211 e. The summed E-state index contributed by atoms with van der Waals surface area (Å²) in [5.41, 5.74) is -0.787. The summed E-state index contributed by atoms with van der Waals surface area (Å²) in [5.74, 6) is 3.33. The molecule has 96 valence electrons. The lowest BCUT2D eigenvalue weighted by Gasteiger charge is -2.57. The topological polar surface area (TPSA) is 53.2 Å². The lowest BCUT2D eigenvalue weighted by atomic mass is 9.48. The number of hydrogen-bond donors (Lipinski definition) is 0. The van der Waals surface area contributed by atoms with Crippen LogP contribution in [0, 0.1) is 40.9 Å². The van der Waals surface area contributed by atoms with Crippen LogP contribution in [0.4, 0.5) is 0 Å². The van der Waals surface area contributed by atoms with Crippen LogP contribution in [0.5, 0.6) is 0 Å². The summed E-state index contributed by atoms with van der Waals surface area (Å²) in [6.07, 6.45) is 8.76. The minimum absolute atomic E-state index is 0.307. The maximum absolute atomic E-state index is 10.7. The Bertz CT molecular complexity index is 404. The van der Waals surface area contributed by atoms with Crippen molar-refractivity contribution in [1.82, 2.24) is 0 Å². The van der Waals surface area contributed by atoms with E-state index in [1.165, 1.54) is 32.1 Å². The van der Waals surface area contributed by atoms with Crippen molar-refractivity contribution in [2.24, 2.45) is 34.6 Å². The summed E-state index contributed by atoms with van der Waals surface area (Å²) in [7, 11) is 0. The van der Waals surface area contributed by atoms with Gasteiger partial charge in [0.1, 0.15) is 0 Å². The van der Waals surface area contributed by atoms with Gasteiger partial charge in [0.25, 0.3) is 0 Å². The van der Waals surface area contributed by atoms with Gasteiger partial charge >= 0.3 is 0 Å². The van der Waals surface area contributed by atoms with Crippen LogP contribution >= 0.6 is 0 Å². The molecular formula is C15H20N2O. The maximum Gasteiger partial charge on any atom is 0.236 e. The van der Waals surface area contributed by atoms with Gasteiger partial charge in [-0.05, 0) is 62.2 Å². The number of nitrogens with zero attached hydrogens (tertiary/aromatic N) is 2. The second kappa shape index (κ2) is 4.21. The maximum atomic E-state index is 10.7. The van der Waals surface area contributed by atoms with Crippen LogP contribution in [0.15, 0.2) is 4.99 Å². The van der Waals surface area contributed by atoms with Gasteiger partial charge in [-0.1, -0.05) is 6.92 Å². The molecule has 1 unspecified atom stereocenters. The Balaban J connectivity index is 1.96. The molecule has 0 N–H and O–H groups in total. The molecule has 3 nitrogen and oxygen atoms in total. The fraction of sp³-hybridized carbons (Fsp3) is 0.867. The van der Waals surface area contributed by atoms with Crippen molar-refractivity contribution in [3.63, 3.8) is 0 Å². The van der Waals surface area contributed by atoms with Gasteiger partial charge < -0.3 is 0 Å². The van der Waals surface area contributed by atoms with E-state index in [1.807, 2.05) is 6.92 Å². The van der Waals surface area contributed by atoms with E-state index in [4.69, 9.17) is 0 Å². The Hall–Kier alpha value is -1.13. The van der Waals surface area contributed by atoms with Gasteiger partial charge in [-0.3, -0.25) is 0 Å². The quantitative estimate of drug-likeness (QED) is 0.566. The summed E-state index contributed by atoms with van der Waals surface area (Å²) >= 11 is 0. The minimum atomic E-state index is -0.787. The van der Waals surface area contributed by atoms with E-state index in [0.717, 1.165) is 11.8 Å². The third kappa shape index (κ3) is 1.56. The van der Waals surface area contributed by atoms with Crippen LogP contribution in [0.25, 0.3) is 0 Å². The average Bonchev–Trinajstić information content (AvgIpc) is 2.36. The Labute approximate surface area is 108 Å². The molecule has 0 saturated heterocycles. The molecule has 18 heavy (non-hydrogen) atoms. The van der Waals surface area contributed by atoms with Gasteiger partial charge in [0.2, 0.25) is 6.08 Å². The number of rotatable bonds is 3. The highest BCUT2D eigenvalue weighted by Gasteiger charge is 2.55. The first-order valence-electron chi connectivity index (χ1n) is 7.22. The molecule has 0 radical (unpaired) electrons. The van der Waals surface area contributed by atoms with E-state index in [9.17, 15) is 10.1 Å². The molecule has 4 rings (SSSR count). The molecular weight excluding hydrogens is 224 g/mol. The van der Waals surface area contributed by atoms with Crippen molar-refractivity contribution in [1.29, 1.82) is 5.26 Å². The summed E-state index contributed by atoms with van der Waals surface area (Å²) in [6.45, 7) is 1.98. The molecule has 4 bridgehead atoms. The standard InChI is InChI=1S/C15H20N2O/c1-2-15(8-16,17-9-18)14-12-4-10-3-11(6-12)7-13(14)5-10/h10-14H,2-7H2,1H3. The Morgan fingerprint density at radius 3 is 2.11 bits per heavy atom. The number of carbonyl (C=O) groups excluding carboxylic acids is 1. The average molecular weight is 244 g/mol. The van der Waals surface area contributed by atoms with Crippen LogP contribution in [-0.2, 0) is 4.79 Å². The fourth-order valence-electron chi connectivity index (χ4n) is 5.35. The highest BCUT2D eigenvalue weighted by molar-refractivity contribution is 5.38. The second-order valence-corrected chi connectivity index (χ2v) is 6.55. The molecule has 0 heterocycles. The van der Waals surface area contributed by atoms with Crippen LogP contribution in [-0.4, -0.2) is 11.6 Å². The molecule has 3 heteroatoms. The van der Waals surface area contributed by atoms with Crippen LogP contribution < -0.4 is 0 Å². The summed E-state index contributed by atoms with van der Waals surface area (Å²) < 4.78 is 0. The summed E-state index contributed by atoms with van der Waals surface area (Å²) in [5, 5.41) is 9.57. The van der Waals surface area contributed by atoms with Crippen molar-refractivity contribution >= 4 is 6.08 Å². The van der Waals surface area contributed by atoms with Gasteiger partial charge in [0.15, 0.2) is 5.54 Å². The van der Waals surface area contributed by atoms with E-state index in [-0.39, 0.29) is 0 Å². The van der Waals surface area contributed by atoms with E-state index in [2.05, 4.69) is 11.1 Å². The van der Waals surface area contributed by atoms with Crippen molar-refractivity contribution in [2.75, 3.05) is 0 Å². The molecule has 0 aromatic carbocycles. The van der Waals surface area contributed by atoms with Gasteiger partial charge in [-0.15, -0.1) is 0 Å². The van der Waals surface area contributed by atoms with Crippen LogP contribution in [0.3, 0.4) is 0 Å². The van der Waals surface area contributed by atoms with Gasteiger partial charge in [-0.25, -0.2) is 4.79 Å². The molecule has 4 aliphatic rings. The van der Waals surface area contributed by atoms with Gasteiger partial charge in [-0.2, -0.15) is 10.3 Å². The molecule has 4 aliphatic carbocycles. The van der Waals surface area contributed by atoms with E-state index >= 15 is 0 Å². The number of isocyanates is 1. The number of hydrogen-bond acceptors (Lipinski definition) is 3. The van der Waals surface area contributed by atoms with Crippen molar-refractivity contribution in [2.45, 2.75) is 51.0 Å². The first-order valence-corrected chi connectivity index (χ1v) is 7.22. The first-order chi connectivity index (χ1) is 8.72. The van der Waals surface area contributed by atoms with Gasteiger partial charge in [0.05, 0.1) is 6.07 Å². The Morgan fingerprint density at radius 1 is 1.17 bits per heavy atom. The zero-order chi connectivity index (χ0) is 12.8. The van der Waals surface area contributed by atoms with Crippen molar-refractivity contribution in [3.05, 3.63) is 0 Å². The van der Waals surface area contributed by atoms with E-state index < -0.39 is 5.54 Å². The highest BCUT2D eigenvalue weighted by atomic mass is 16.1. The zero-order valence-corrected chi connectivity index (χ0v) is 10.9. The largest absolute Gasteiger partial charge is 0.236 e. The lowest BCUT2D eigenvalue weighted by Crippen LogP contribution is -2.53.